The lowest BCUT2D eigenvalue weighted by atomic mass is 10.2. The minimum absolute atomic E-state index is 0.0448. The first kappa shape index (κ1) is 16.8. The number of hydrogen-bond donors (Lipinski definition) is 1. The molecule has 2 heterocycles. The van der Waals surface area contributed by atoms with Crippen molar-refractivity contribution in [3.8, 4) is 11.3 Å². The molecule has 2 aromatic heterocycles. The van der Waals surface area contributed by atoms with Crippen molar-refractivity contribution < 1.29 is 22.7 Å². The number of nitrogens with zero attached hydrogens (tertiary/aromatic N) is 3. The largest absolute Gasteiger partial charge is 0.444 e. The summed E-state index contributed by atoms with van der Waals surface area (Å²) < 4.78 is 44.6. The summed E-state index contributed by atoms with van der Waals surface area (Å²) in [5, 5.41) is 5.86. The minimum atomic E-state index is -2.99. The van der Waals surface area contributed by atoms with Crippen molar-refractivity contribution in [1.29, 1.82) is 0 Å². The van der Waals surface area contributed by atoms with Gasteiger partial charge in [0.05, 0.1) is 11.9 Å². The second-order valence-corrected chi connectivity index (χ2v) is 5.66. The second kappa shape index (κ2) is 6.27. The average Bonchev–Trinajstić information content (AvgIpc) is 2.80. The fraction of sp³-hybridized carbons (Fsp3) is 0.357. The first-order chi connectivity index (χ1) is 10.7. The molecule has 1 N–H and O–H groups in total. The van der Waals surface area contributed by atoms with Crippen molar-refractivity contribution in [3.63, 3.8) is 0 Å². The molecule has 0 atom stereocenters. The molecule has 0 aromatic carbocycles. The molecule has 0 spiro atoms. The normalized spacial score (nSPS) is 11.6. The number of carbonyl (C=O) groups is 1. The molecule has 0 saturated heterocycles. The van der Waals surface area contributed by atoms with Gasteiger partial charge < -0.3 is 4.74 Å². The molecule has 6 nitrogen and oxygen atoms in total. The van der Waals surface area contributed by atoms with Crippen LogP contribution in [0.1, 0.15) is 27.3 Å². The molecule has 23 heavy (non-hydrogen) atoms. The molecule has 2 aromatic rings. The molecule has 9 heteroatoms. The fourth-order valence-corrected chi connectivity index (χ4v) is 1.74. The van der Waals surface area contributed by atoms with Crippen LogP contribution in [0.4, 0.5) is 23.8 Å². The lowest BCUT2D eigenvalue weighted by Crippen LogP contribution is -2.28. The summed E-state index contributed by atoms with van der Waals surface area (Å²) >= 11 is 0. The Morgan fingerprint density at radius 1 is 1.30 bits per heavy atom. The van der Waals surface area contributed by atoms with E-state index in [4.69, 9.17) is 4.74 Å². The van der Waals surface area contributed by atoms with Crippen LogP contribution in [-0.2, 0) is 4.74 Å². The predicted octanol–water partition coefficient (Wildman–Crippen LogP) is 3.83. The molecule has 0 bridgehead atoms. The predicted molar refractivity (Wildman–Crippen MR) is 76.5 cm³/mol. The number of ether oxygens (including phenoxy) is 1. The summed E-state index contributed by atoms with van der Waals surface area (Å²) in [5.74, 6) is -0.899. The molecule has 0 saturated carbocycles. The summed E-state index contributed by atoms with van der Waals surface area (Å²) in [6.45, 7) is 1.93. The van der Waals surface area contributed by atoms with E-state index >= 15 is 0 Å². The summed E-state index contributed by atoms with van der Waals surface area (Å²) in [5.41, 5.74) is -0.533. The van der Waals surface area contributed by atoms with E-state index in [2.05, 4.69) is 15.4 Å². The molecule has 0 aliphatic carbocycles. The van der Waals surface area contributed by atoms with Gasteiger partial charge in [-0.1, -0.05) is 0 Å². The van der Waals surface area contributed by atoms with Crippen LogP contribution in [0.5, 0.6) is 0 Å². The summed E-state index contributed by atoms with van der Waals surface area (Å²) in [6, 6.07) is 2.29. The van der Waals surface area contributed by atoms with Crippen molar-refractivity contribution in [1.82, 2.24) is 14.8 Å². The zero-order valence-electron chi connectivity index (χ0n) is 12.7. The van der Waals surface area contributed by atoms with Crippen molar-refractivity contribution >= 4 is 11.9 Å². The van der Waals surface area contributed by atoms with Crippen molar-refractivity contribution in [2.75, 3.05) is 5.32 Å². The standard InChI is InChI=1S/C14H15F3N4O2/c1-14(2,3)23-13(22)19-11-5-10(20-21(11)12(16)17)8-4-9(15)7-18-6-8/h4-7,12H,1-3H3,(H,19,22). The summed E-state index contributed by atoms with van der Waals surface area (Å²) in [7, 11) is 0. The zero-order valence-corrected chi connectivity index (χ0v) is 12.7. The van der Waals surface area contributed by atoms with E-state index in [9.17, 15) is 18.0 Å². The molecule has 0 unspecified atom stereocenters. The van der Waals surface area contributed by atoms with Crippen LogP contribution in [0.25, 0.3) is 11.3 Å². The lowest BCUT2D eigenvalue weighted by Gasteiger charge is -2.19. The maximum atomic E-state index is 13.2. The third kappa shape index (κ3) is 4.44. The maximum Gasteiger partial charge on any atom is 0.413 e. The van der Waals surface area contributed by atoms with E-state index in [1.54, 1.807) is 20.8 Å². The van der Waals surface area contributed by atoms with E-state index < -0.39 is 24.1 Å². The van der Waals surface area contributed by atoms with Gasteiger partial charge in [0, 0.05) is 17.8 Å². The SMILES string of the molecule is CC(C)(C)OC(=O)Nc1cc(-c2cncc(F)c2)nn1C(F)F. The van der Waals surface area contributed by atoms with Gasteiger partial charge in [0.25, 0.3) is 0 Å². The molecule has 0 radical (unpaired) electrons. The van der Waals surface area contributed by atoms with Gasteiger partial charge in [0.15, 0.2) is 0 Å². The first-order valence-corrected chi connectivity index (χ1v) is 6.64. The second-order valence-electron chi connectivity index (χ2n) is 5.66. The number of rotatable bonds is 3. The Balaban J connectivity index is 2.31. The number of pyridine rings is 1. The first-order valence-electron chi connectivity index (χ1n) is 6.64. The summed E-state index contributed by atoms with van der Waals surface area (Å²) in [4.78, 5) is 15.3. The van der Waals surface area contributed by atoms with E-state index in [-0.39, 0.29) is 17.1 Å². The number of alkyl halides is 2. The highest BCUT2D eigenvalue weighted by atomic mass is 19.3. The smallest absolute Gasteiger partial charge is 0.413 e. The number of hydrogen-bond acceptors (Lipinski definition) is 4. The molecule has 0 aliphatic heterocycles. The van der Waals surface area contributed by atoms with E-state index in [1.165, 1.54) is 12.3 Å². The van der Waals surface area contributed by atoms with Crippen molar-refractivity contribution in [3.05, 3.63) is 30.3 Å². The highest BCUT2D eigenvalue weighted by Crippen LogP contribution is 2.26. The Hall–Kier alpha value is -2.58. The monoisotopic (exact) mass is 328 g/mol. The number of carbonyl (C=O) groups excluding carboxylic acids is 1. The quantitative estimate of drug-likeness (QED) is 0.930. The summed E-state index contributed by atoms with van der Waals surface area (Å²) in [6.07, 6.45) is 1.36. The maximum absolute atomic E-state index is 13.2. The van der Waals surface area contributed by atoms with Gasteiger partial charge in [-0.3, -0.25) is 10.3 Å². The molecule has 0 aliphatic rings. The van der Waals surface area contributed by atoms with Crippen LogP contribution in [0.3, 0.4) is 0 Å². The van der Waals surface area contributed by atoms with Crippen LogP contribution >= 0.6 is 0 Å². The number of amides is 1. The molecule has 124 valence electrons. The third-order valence-corrected chi connectivity index (χ3v) is 2.55. The van der Waals surface area contributed by atoms with Crippen LogP contribution in [-0.4, -0.2) is 26.5 Å². The van der Waals surface area contributed by atoms with E-state index in [1.807, 2.05) is 0 Å². The topological polar surface area (TPSA) is 69.0 Å². The minimum Gasteiger partial charge on any atom is -0.444 e. The fourth-order valence-electron chi connectivity index (χ4n) is 1.74. The Morgan fingerprint density at radius 2 is 2.00 bits per heavy atom. The van der Waals surface area contributed by atoms with Crippen LogP contribution in [0, 0.1) is 5.82 Å². The van der Waals surface area contributed by atoms with Crippen LogP contribution < -0.4 is 5.32 Å². The third-order valence-electron chi connectivity index (χ3n) is 2.55. The number of anilines is 1. The lowest BCUT2D eigenvalue weighted by molar-refractivity contribution is 0.0560. The number of nitrogens with one attached hydrogen (secondary N) is 1. The highest BCUT2D eigenvalue weighted by Gasteiger charge is 2.21. The Bertz CT molecular complexity index is 710. The van der Waals surface area contributed by atoms with Crippen LogP contribution in [0.15, 0.2) is 24.5 Å². The molecule has 1 amide bonds. The van der Waals surface area contributed by atoms with Gasteiger partial charge in [-0.05, 0) is 26.8 Å². The Kier molecular flexibility index (Phi) is 4.57. The molecular weight excluding hydrogens is 313 g/mol. The number of halogens is 3. The molecular formula is C14H15F3N4O2. The van der Waals surface area contributed by atoms with Gasteiger partial charge in [-0.25, -0.2) is 9.18 Å². The van der Waals surface area contributed by atoms with E-state index in [0.717, 1.165) is 12.3 Å². The molecule has 0 fully saturated rings. The average molecular weight is 328 g/mol. The van der Waals surface area contributed by atoms with Gasteiger partial charge in [0.1, 0.15) is 17.2 Å². The Labute approximate surface area is 130 Å². The van der Waals surface area contributed by atoms with Crippen molar-refractivity contribution in [2.45, 2.75) is 32.9 Å². The van der Waals surface area contributed by atoms with Gasteiger partial charge in [-0.15, -0.1) is 0 Å². The highest BCUT2D eigenvalue weighted by molar-refractivity contribution is 5.84. The zero-order chi connectivity index (χ0) is 17.2. The van der Waals surface area contributed by atoms with Crippen LogP contribution in [0.2, 0.25) is 0 Å². The van der Waals surface area contributed by atoms with Gasteiger partial charge in [0.2, 0.25) is 0 Å². The Morgan fingerprint density at radius 3 is 2.57 bits per heavy atom. The van der Waals surface area contributed by atoms with E-state index in [0.29, 0.717) is 4.68 Å². The molecule has 2 rings (SSSR count). The number of aromatic nitrogens is 3. The van der Waals surface area contributed by atoms with Gasteiger partial charge >= 0.3 is 12.6 Å². The van der Waals surface area contributed by atoms with Crippen molar-refractivity contribution in [2.24, 2.45) is 0 Å². The van der Waals surface area contributed by atoms with Gasteiger partial charge in [-0.2, -0.15) is 18.6 Å².